The Balaban J connectivity index is 1.63. The highest BCUT2D eigenvalue weighted by Gasteiger charge is 2.56. The number of Topliss-reactive ketones (excluding diaryl/α,β-unsaturated/α-hetero) is 1. The number of carbonyl (C=O) groups is 4. The highest BCUT2D eigenvalue weighted by atomic mass is 31.2. The van der Waals surface area contributed by atoms with E-state index in [-0.39, 0.29) is 34.4 Å². The number of non-ortho nitro benzene ring substituents is 1. The zero-order chi connectivity index (χ0) is 37.0. The summed E-state index contributed by atoms with van der Waals surface area (Å²) in [5, 5.41) is 33.8. The first-order chi connectivity index (χ1) is 25.0. The number of aromatic hydroxyl groups is 1. The van der Waals surface area contributed by atoms with Crippen molar-refractivity contribution in [1.82, 2.24) is 4.90 Å². The number of rotatable bonds is 11. The minimum absolute atomic E-state index is 0.0434. The van der Waals surface area contributed by atoms with Gasteiger partial charge in [0.1, 0.15) is 11.2 Å². The molecule has 0 saturated carbocycles. The van der Waals surface area contributed by atoms with Gasteiger partial charge in [0.15, 0.2) is 5.78 Å². The van der Waals surface area contributed by atoms with Gasteiger partial charge in [-0.15, -0.1) is 0 Å². The van der Waals surface area contributed by atoms with Gasteiger partial charge in [-0.3, -0.25) is 19.7 Å². The van der Waals surface area contributed by atoms with E-state index in [0.717, 1.165) is 12.1 Å². The lowest BCUT2D eigenvalue weighted by Crippen LogP contribution is -2.68. The fourth-order valence-electron chi connectivity index (χ4n) is 6.60. The number of nitro groups is 1. The maximum atomic E-state index is 14.9. The van der Waals surface area contributed by atoms with Gasteiger partial charge in [0.2, 0.25) is 5.91 Å². The zero-order valence-corrected chi connectivity index (χ0v) is 28.7. The van der Waals surface area contributed by atoms with Gasteiger partial charge in [0, 0.05) is 31.0 Å². The minimum Gasteiger partial charge on any atom is -0.508 e. The molecule has 1 amide bonds. The number of phenols is 1. The molecule has 1 aliphatic heterocycles. The van der Waals surface area contributed by atoms with Crippen LogP contribution in [-0.4, -0.2) is 61.2 Å². The first kappa shape index (κ1) is 35.7. The first-order valence-electron chi connectivity index (χ1n) is 16.3. The summed E-state index contributed by atoms with van der Waals surface area (Å²) in [5.41, 5.74) is -0.350. The lowest BCUT2D eigenvalue weighted by molar-refractivity contribution is -0.384. The lowest BCUT2D eigenvalue weighted by Gasteiger charge is -2.50. The molecule has 0 unspecified atom stereocenters. The number of phenolic OH excluding ortho intramolecular Hbond substituents is 1. The monoisotopic (exact) mass is 716 g/mol. The summed E-state index contributed by atoms with van der Waals surface area (Å²) < 4.78 is 5.60. The first-order valence-corrected chi connectivity index (χ1v) is 18.1. The van der Waals surface area contributed by atoms with Crippen LogP contribution in [0.3, 0.4) is 0 Å². The maximum Gasteiger partial charge on any atom is 0.363 e. The number of likely N-dealkylation sites (tertiary alicyclic amines) is 1. The molecular formula is C40H33N2O9P. The largest absolute Gasteiger partial charge is 0.508 e. The molecule has 3 atom stereocenters. The molecule has 0 aliphatic carbocycles. The van der Waals surface area contributed by atoms with Gasteiger partial charge >= 0.3 is 11.9 Å². The smallest absolute Gasteiger partial charge is 0.363 e. The zero-order valence-electron chi connectivity index (χ0n) is 27.8. The molecule has 5 aromatic rings. The number of hydrogen-bond acceptors (Lipinski definition) is 9. The molecule has 1 saturated heterocycles. The average molecular weight is 717 g/mol. The quantitative estimate of drug-likeness (QED) is 0.0379. The standard InChI is InChI=1S/C40H33N2O9P/c1-26(43)36-34(25-35(45)27-19-23-30(44)24-20-27)41(37(36)46)38(40(48)51-39(47)28-17-21-29(22-18-28)42(49)50)52(31-11-5-2-6-12-31,32-13-7-3-8-14-32)33-15-9-4-10-16-33/h2-24,26,34,36,43-44H,25H2,1H3/t26-,34-,36-/m1/s1. The van der Waals surface area contributed by atoms with E-state index in [1.807, 2.05) is 54.6 Å². The number of ether oxygens (including phenoxy) is 1. The maximum absolute atomic E-state index is 14.9. The summed E-state index contributed by atoms with van der Waals surface area (Å²) >= 11 is 0. The van der Waals surface area contributed by atoms with Crippen LogP contribution in [0.1, 0.15) is 34.1 Å². The van der Waals surface area contributed by atoms with Crippen molar-refractivity contribution in [2.24, 2.45) is 5.92 Å². The number of benzene rings is 5. The van der Waals surface area contributed by atoms with Crippen LogP contribution in [0.25, 0.3) is 0 Å². The summed E-state index contributed by atoms with van der Waals surface area (Å²) in [6, 6.07) is 36.3. The number of nitrogens with zero attached hydrogens (tertiary/aromatic N) is 2. The molecule has 0 spiro atoms. The molecule has 1 fully saturated rings. The second kappa shape index (κ2) is 15.0. The highest BCUT2D eigenvalue weighted by Crippen LogP contribution is 2.50. The molecule has 52 heavy (non-hydrogen) atoms. The van der Waals surface area contributed by atoms with E-state index in [4.69, 9.17) is 4.74 Å². The van der Waals surface area contributed by atoms with Gasteiger partial charge in [-0.05, 0) is 59.2 Å². The molecule has 11 nitrogen and oxygen atoms in total. The minimum atomic E-state index is -3.48. The van der Waals surface area contributed by atoms with Crippen LogP contribution < -0.4 is 15.9 Å². The van der Waals surface area contributed by atoms with Crippen LogP contribution in [0.5, 0.6) is 5.75 Å². The predicted molar refractivity (Wildman–Crippen MR) is 197 cm³/mol. The number of ketones is 1. The highest BCUT2D eigenvalue weighted by molar-refractivity contribution is 7.96. The molecular weight excluding hydrogens is 683 g/mol. The van der Waals surface area contributed by atoms with Crippen molar-refractivity contribution < 1.29 is 39.1 Å². The topological polar surface area (TPSA) is 164 Å². The normalized spacial score (nSPS) is 16.0. The molecule has 6 rings (SSSR count). The Morgan fingerprint density at radius 2 is 1.23 bits per heavy atom. The number of esters is 2. The Bertz CT molecular complexity index is 2090. The summed E-state index contributed by atoms with van der Waals surface area (Å²) in [5.74, 6) is -4.45. The van der Waals surface area contributed by atoms with Crippen LogP contribution in [0.4, 0.5) is 5.69 Å². The van der Waals surface area contributed by atoms with E-state index in [2.05, 4.69) is 0 Å². The van der Waals surface area contributed by atoms with Crippen molar-refractivity contribution >= 4 is 57.5 Å². The van der Waals surface area contributed by atoms with E-state index < -0.39 is 53.5 Å². The molecule has 1 aliphatic rings. The SMILES string of the molecule is C[C@@H](O)[C@H]1C(=O)N(C(C(=O)OC(=O)c2ccc([N+](=O)[O-])cc2)=P(c2ccccc2)(c2ccccc2)c2ccccc2)[C@@H]1CC(=O)c1ccc(O)cc1. The van der Waals surface area contributed by atoms with E-state index in [1.54, 1.807) is 36.4 Å². The van der Waals surface area contributed by atoms with E-state index in [1.165, 1.54) is 48.2 Å². The summed E-state index contributed by atoms with van der Waals surface area (Å²) in [4.78, 5) is 68.5. The Morgan fingerprint density at radius 3 is 1.67 bits per heavy atom. The fourth-order valence-corrected chi connectivity index (χ4v) is 11.0. The number of carbonyl (C=O) groups excluding carboxylic acids is 4. The van der Waals surface area contributed by atoms with Crippen molar-refractivity contribution in [3.63, 3.8) is 0 Å². The molecule has 0 bridgehead atoms. The van der Waals surface area contributed by atoms with Gasteiger partial charge in [0.25, 0.3) is 5.69 Å². The number of nitro benzene ring substituents is 1. The molecule has 0 aromatic heterocycles. The lowest BCUT2D eigenvalue weighted by atomic mass is 9.79. The third-order valence-corrected chi connectivity index (χ3v) is 13.3. The third-order valence-electron chi connectivity index (χ3n) is 9.03. The van der Waals surface area contributed by atoms with Crippen molar-refractivity contribution in [3.05, 3.63) is 161 Å². The molecule has 262 valence electrons. The Labute approximate surface area is 298 Å². The Hall–Kier alpha value is -6.16. The van der Waals surface area contributed by atoms with Crippen LogP contribution >= 0.6 is 6.89 Å². The van der Waals surface area contributed by atoms with E-state index in [0.29, 0.717) is 15.9 Å². The van der Waals surface area contributed by atoms with Crippen molar-refractivity contribution in [3.8, 4) is 5.75 Å². The number of β-lactam (4-membered cyclic amide) rings is 1. The van der Waals surface area contributed by atoms with Crippen LogP contribution in [0, 0.1) is 16.0 Å². The van der Waals surface area contributed by atoms with Gasteiger partial charge < -0.3 is 19.8 Å². The molecule has 12 heteroatoms. The van der Waals surface area contributed by atoms with Crippen molar-refractivity contribution in [1.29, 1.82) is 0 Å². The second-order valence-electron chi connectivity index (χ2n) is 12.2. The Kier molecular flexibility index (Phi) is 10.3. The fraction of sp³-hybridized carbons (Fsp3) is 0.125. The summed E-state index contributed by atoms with van der Waals surface area (Å²) in [6.45, 7) is -2.05. The average Bonchev–Trinajstić information content (AvgIpc) is 3.15. The number of amides is 1. The van der Waals surface area contributed by atoms with E-state index in [9.17, 15) is 39.5 Å². The second-order valence-corrected chi connectivity index (χ2v) is 15.5. The summed E-state index contributed by atoms with van der Waals surface area (Å²) in [7, 11) is 0. The van der Waals surface area contributed by atoms with Crippen molar-refractivity contribution in [2.75, 3.05) is 0 Å². The van der Waals surface area contributed by atoms with Gasteiger partial charge in [-0.25, -0.2) is 9.59 Å². The molecule has 2 N–H and O–H groups in total. The molecule has 5 aromatic carbocycles. The third kappa shape index (κ3) is 6.67. The predicted octanol–water partition coefficient (Wildman–Crippen LogP) is 4.59. The Morgan fingerprint density at radius 1 is 0.769 bits per heavy atom. The summed E-state index contributed by atoms with van der Waals surface area (Å²) in [6.07, 6.45) is -1.52. The van der Waals surface area contributed by atoms with Gasteiger partial charge in [0.05, 0.1) is 28.6 Å². The number of aliphatic hydroxyl groups excluding tert-OH is 1. The molecule has 1 heterocycles. The van der Waals surface area contributed by atoms with Crippen LogP contribution in [0.15, 0.2) is 140 Å². The van der Waals surface area contributed by atoms with E-state index >= 15 is 0 Å². The molecule has 0 radical (unpaired) electrons. The van der Waals surface area contributed by atoms with Crippen molar-refractivity contribution in [2.45, 2.75) is 25.5 Å². The number of aliphatic hydroxyl groups is 1. The van der Waals surface area contributed by atoms with Crippen LogP contribution in [0.2, 0.25) is 0 Å². The van der Waals surface area contributed by atoms with Gasteiger partial charge in [-0.2, -0.15) is 0 Å². The number of hydrogen-bond donors (Lipinski definition) is 2. The van der Waals surface area contributed by atoms with Gasteiger partial charge in [-0.1, -0.05) is 91.0 Å². The van der Waals surface area contributed by atoms with Crippen LogP contribution in [-0.2, 0) is 14.3 Å².